The predicted octanol–water partition coefficient (Wildman–Crippen LogP) is 4.72. The first kappa shape index (κ1) is 17.8. The lowest BCUT2D eigenvalue weighted by Gasteiger charge is -2.22. The lowest BCUT2D eigenvalue weighted by molar-refractivity contribution is 0.205. The van der Waals surface area contributed by atoms with Gasteiger partial charge in [0.15, 0.2) is 0 Å². The summed E-state index contributed by atoms with van der Waals surface area (Å²) < 4.78 is 6.22. The Balaban J connectivity index is 1.59. The number of hydrogen-bond acceptors (Lipinski definition) is 2. The molecule has 0 spiro atoms. The number of nitrogens with one attached hydrogen (secondary N) is 1. The molecule has 3 rings (SSSR count). The van der Waals surface area contributed by atoms with Gasteiger partial charge in [0, 0.05) is 23.5 Å². The number of hydrogen-bond donors (Lipinski definition) is 1. The Morgan fingerprint density at radius 1 is 1.24 bits per heavy atom. The zero-order chi connectivity index (χ0) is 17.8. The molecule has 2 aromatic carbocycles. The summed E-state index contributed by atoms with van der Waals surface area (Å²) in [5.74, 6) is 1.24. The van der Waals surface area contributed by atoms with Crippen LogP contribution >= 0.6 is 15.9 Å². The van der Waals surface area contributed by atoms with E-state index in [4.69, 9.17) is 4.74 Å². The van der Waals surface area contributed by atoms with Crippen LogP contribution in [0.1, 0.15) is 36.4 Å². The van der Waals surface area contributed by atoms with E-state index >= 15 is 0 Å². The molecule has 2 unspecified atom stereocenters. The molecule has 1 fully saturated rings. The molecular weight excluding hydrogens is 380 g/mol. The van der Waals surface area contributed by atoms with Crippen LogP contribution in [0.4, 0.5) is 4.79 Å². The molecule has 1 saturated heterocycles. The van der Waals surface area contributed by atoms with Crippen LogP contribution < -0.4 is 10.1 Å². The number of benzene rings is 2. The van der Waals surface area contributed by atoms with Gasteiger partial charge >= 0.3 is 6.03 Å². The maximum atomic E-state index is 12.6. The van der Waals surface area contributed by atoms with Gasteiger partial charge in [-0.3, -0.25) is 0 Å². The number of carbonyl (C=O) groups is 1. The molecule has 0 bridgehead atoms. The summed E-state index contributed by atoms with van der Waals surface area (Å²) in [7, 11) is 1.67. The van der Waals surface area contributed by atoms with Crippen molar-refractivity contribution >= 4 is 22.0 Å². The first-order valence-corrected chi connectivity index (χ1v) is 9.31. The summed E-state index contributed by atoms with van der Waals surface area (Å²) in [5.41, 5.74) is 2.34. The topological polar surface area (TPSA) is 41.6 Å². The number of nitrogens with zero attached hydrogens (tertiary/aromatic N) is 1. The van der Waals surface area contributed by atoms with Gasteiger partial charge < -0.3 is 15.0 Å². The highest BCUT2D eigenvalue weighted by Crippen LogP contribution is 2.29. The van der Waals surface area contributed by atoms with Crippen molar-refractivity contribution in [2.75, 3.05) is 20.2 Å². The molecule has 0 aliphatic carbocycles. The van der Waals surface area contributed by atoms with Crippen molar-refractivity contribution in [2.24, 2.45) is 0 Å². The molecule has 132 valence electrons. The number of urea groups is 1. The second-order valence-corrected chi connectivity index (χ2v) is 7.25. The number of amides is 2. The van der Waals surface area contributed by atoms with Gasteiger partial charge in [-0.1, -0.05) is 46.3 Å². The number of likely N-dealkylation sites (tertiary alicyclic amines) is 1. The summed E-state index contributed by atoms with van der Waals surface area (Å²) in [5, 5.41) is 3.11. The SMILES string of the molecule is COc1ccc(C2CCN(C(=O)NC(C)c3ccccc3Br)C2)cc1. The molecule has 0 radical (unpaired) electrons. The van der Waals surface area contributed by atoms with Gasteiger partial charge in [-0.05, 0) is 42.7 Å². The Hall–Kier alpha value is -2.01. The van der Waals surface area contributed by atoms with E-state index in [1.807, 2.05) is 48.2 Å². The quantitative estimate of drug-likeness (QED) is 0.803. The molecule has 5 heteroatoms. The highest BCUT2D eigenvalue weighted by atomic mass is 79.9. The summed E-state index contributed by atoms with van der Waals surface area (Å²) in [4.78, 5) is 14.5. The Kier molecular flexibility index (Phi) is 5.63. The van der Waals surface area contributed by atoms with E-state index in [9.17, 15) is 4.79 Å². The van der Waals surface area contributed by atoms with Gasteiger partial charge in [-0.2, -0.15) is 0 Å². The summed E-state index contributed by atoms with van der Waals surface area (Å²) in [6.45, 7) is 3.54. The Bertz CT molecular complexity index is 733. The highest BCUT2D eigenvalue weighted by Gasteiger charge is 2.28. The average Bonchev–Trinajstić information content (AvgIpc) is 3.12. The van der Waals surface area contributed by atoms with E-state index in [1.165, 1.54) is 5.56 Å². The molecule has 25 heavy (non-hydrogen) atoms. The van der Waals surface area contributed by atoms with Gasteiger partial charge in [0.05, 0.1) is 13.2 Å². The normalized spacial score (nSPS) is 18.0. The van der Waals surface area contributed by atoms with Crippen molar-refractivity contribution in [3.8, 4) is 5.75 Å². The van der Waals surface area contributed by atoms with Crippen LogP contribution in [0.25, 0.3) is 0 Å². The number of halogens is 1. The minimum Gasteiger partial charge on any atom is -0.497 e. The fourth-order valence-corrected chi connectivity index (χ4v) is 3.90. The zero-order valence-electron chi connectivity index (χ0n) is 14.5. The van der Waals surface area contributed by atoms with Crippen LogP contribution in [0.3, 0.4) is 0 Å². The fourth-order valence-electron chi connectivity index (χ4n) is 3.27. The van der Waals surface area contributed by atoms with Crippen molar-refractivity contribution < 1.29 is 9.53 Å². The van der Waals surface area contributed by atoms with Gasteiger partial charge in [0.1, 0.15) is 5.75 Å². The van der Waals surface area contributed by atoms with E-state index in [0.29, 0.717) is 5.92 Å². The van der Waals surface area contributed by atoms with Crippen LogP contribution in [0.2, 0.25) is 0 Å². The molecule has 1 N–H and O–H groups in total. The number of carbonyl (C=O) groups excluding carboxylic acids is 1. The minimum atomic E-state index is -0.0388. The number of rotatable bonds is 4. The van der Waals surface area contributed by atoms with E-state index < -0.39 is 0 Å². The lowest BCUT2D eigenvalue weighted by atomic mass is 9.98. The summed E-state index contributed by atoms with van der Waals surface area (Å²) in [6.07, 6.45) is 0.989. The van der Waals surface area contributed by atoms with E-state index in [-0.39, 0.29) is 12.1 Å². The Morgan fingerprint density at radius 3 is 2.64 bits per heavy atom. The average molecular weight is 403 g/mol. The van der Waals surface area contributed by atoms with E-state index in [1.54, 1.807) is 7.11 Å². The zero-order valence-corrected chi connectivity index (χ0v) is 16.1. The van der Waals surface area contributed by atoms with Crippen molar-refractivity contribution in [1.82, 2.24) is 10.2 Å². The molecule has 1 aliphatic heterocycles. The molecule has 2 aromatic rings. The van der Waals surface area contributed by atoms with Crippen molar-refractivity contribution in [2.45, 2.75) is 25.3 Å². The predicted molar refractivity (Wildman–Crippen MR) is 103 cm³/mol. The van der Waals surface area contributed by atoms with Gasteiger partial charge in [0.2, 0.25) is 0 Å². The van der Waals surface area contributed by atoms with Crippen LogP contribution in [0, 0.1) is 0 Å². The Morgan fingerprint density at radius 2 is 1.96 bits per heavy atom. The lowest BCUT2D eigenvalue weighted by Crippen LogP contribution is -2.39. The number of ether oxygens (including phenoxy) is 1. The molecule has 0 saturated carbocycles. The molecule has 2 atom stereocenters. The number of methoxy groups -OCH3 is 1. The third kappa shape index (κ3) is 4.15. The maximum Gasteiger partial charge on any atom is 0.317 e. The summed E-state index contributed by atoms with van der Waals surface area (Å²) >= 11 is 3.55. The molecular formula is C20H23BrN2O2. The van der Waals surface area contributed by atoms with Crippen LogP contribution in [-0.2, 0) is 0 Å². The van der Waals surface area contributed by atoms with Gasteiger partial charge in [-0.15, -0.1) is 0 Å². The standard InChI is InChI=1S/C20H23BrN2O2/c1-14(18-5-3-4-6-19(18)21)22-20(24)23-12-11-16(13-23)15-7-9-17(25-2)10-8-15/h3-10,14,16H,11-13H2,1-2H3,(H,22,24). The third-order valence-corrected chi connectivity index (χ3v) is 5.50. The third-order valence-electron chi connectivity index (χ3n) is 4.77. The first-order valence-electron chi connectivity index (χ1n) is 8.52. The fraction of sp³-hybridized carbons (Fsp3) is 0.350. The maximum absolute atomic E-state index is 12.6. The monoisotopic (exact) mass is 402 g/mol. The van der Waals surface area contributed by atoms with Crippen LogP contribution in [-0.4, -0.2) is 31.1 Å². The van der Waals surface area contributed by atoms with Crippen LogP contribution in [0.15, 0.2) is 53.0 Å². The van der Waals surface area contributed by atoms with E-state index in [0.717, 1.165) is 35.3 Å². The molecule has 0 aromatic heterocycles. The Labute approximate surface area is 157 Å². The largest absolute Gasteiger partial charge is 0.497 e. The van der Waals surface area contributed by atoms with Crippen molar-refractivity contribution in [3.05, 3.63) is 64.1 Å². The van der Waals surface area contributed by atoms with E-state index in [2.05, 4.69) is 33.4 Å². The van der Waals surface area contributed by atoms with Crippen LogP contribution in [0.5, 0.6) is 5.75 Å². The molecule has 4 nitrogen and oxygen atoms in total. The van der Waals surface area contributed by atoms with Gasteiger partial charge in [-0.25, -0.2) is 4.79 Å². The second-order valence-electron chi connectivity index (χ2n) is 6.40. The summed E-state index contributed by atoms with van der Waals surface area (Å²) in [6, 6.07) is 16.1. The minimum absolute atomic E-state index is 0.000681. The first-order chi connectivity index (χ1) is 12.1. The molecule has 2 amide bonds. The van der Waals surface area contributed by atoms with Crippen molar-refractivity contribution in [3.63, 3.8) is 0 Å². The second kappa shape index (κ2) is 7.91. The smallest absolute Gasteiger partial charge is 0.317 e. The molecule has 1 aliphatic rings. The van der Waals surface area contributed by atoms with Gasteiger partial charge in [0.25, 0.3) is 0 Å². The molecule has 1 heterocycles. The van der Waals surface area contributed by atoms with Crippen molar-refractivity contribution in [1.29, 1.82) is 0 Å². The highest BCUT2D eigenvalue weighted by molar-refractivity contribution is 9.10.